The maximum absolute atomic E-state index is 14.0. The van der Waals surface area contributed by atoms with E-state index in [1.807, 2.05) is 80.5 Å². The van der Waals surface area contributed by atoms with Crippen LogP contribution in [0.25, 0.3) is 10.6 Å². The lowest BCUT2D eigenvalue weighted by atomic mass is 9.95. The van der Waals surface area contributed by atoms with E-state index >= 15 is 0 Å². The number of aromatic nitrogens is 1. The van der Waals surface area contributed by atoms with Crippen LogP contribution in [0.2, 0.25) is 0 Å². The van der Waals surface area contributed by atoms with Crippen molar-refractivity contribution in [1.29, 1.82) is 0 Å². The highest BCUT2D eigenvalue weighted by Gasteiger charge is 2.44. The van der Waals surface area contributed by atoms with Crippen molar-refractivity contribution in [2.45, 2.75) is 32.7 Å². The maximum atomic E-state index is 14.0. The fourth-order valence-corrected chi connectivity index (χ4v) is 5.47. The number of aliphatic hydroxyl groups is 1. The van der Waals surface area contributed by atoms with Gasteiger partial charge in [-0.25, -0.2) is 4.98 Å². The van der Waals surface area contributed by atoms with Crippen molar-refractivity contribution in [2.24, 2.45) is 0 Å². The summed E-state index contributed by atoms with van der Waals surface area (Å²) in [6, 6.07) is 16.4. The summed E-state index contributed by atoms with van der Waals surface area (Å²) in [7, 11) is 3.94. The molecule has 1 amide bonds. The first-order chi connectivity index (χ1) is 17.8. The Labute approximate surface area is 222 Å². The van der Waals surface area contributed by atoms with Crippen LogP contribution in [0.1, 0.15) is 46.7 Å². The molecule has 0 bridgehead atoms. The summed E-state index contributed by atoms with van der Waals surface area (Å²) in [5, 5.41) is 11.8. The number of thiazole rings is 1. The number of amides is 1. The van der Waals surface area contributed by atoms with Crippen molar-refractivity contribution in [2.75, 3.05) is 33.8 Å². The SMILES string of the molecule is CCCOc1cccc(C2C(C(=O)c3sc(-c4ccccc4)nc3C)=C(O)C(=O)N2CCCN(C)C)c1. The van der Waals surface area contributed by atoms with Gasteiger partial charge in [-0.2, -0.15) is 0 Å². The average molecular weight is 520 g/mol. The molecule has 7 nitrogen and oxygen atoms in total. The third kappa shape index (κ3) is 5.76. The number of aliphatic hydroxyl groups excluding tert-OH is 1. The molecule has 2 heterocycles. The lowest BCUT2D eigenvalue weighted by molar-refractivity contribution is -0.129. The van der Waals surface area contributed by atoms with E-state index in [4.69, 9.17) is 4.74 Å². The van der Waals surface area contributed by atoms with Crippen LogP contribution < -0.4 is 4.74 Å². The van der Waals surface area contributed by atoms with E-state index in [-0.39, 0.29) is 11.4 Å². The van der Waals surface area contributed by atoms with Crippen molar-refractivity contribution in [3.63, 3.8) is 0 Å². The topological polar surface area (TPSA) is 83.0 Å². The highest BCUT2D eigenvalue weighted by molar-refractivity contribution is 7.17. The molecule has 8 heteroatoms. The summed E-state index contributed by atoms with van der Waals surface area (Å²) >= 11 is 1.28. The van der Waals surface area contributed by atoms with Gasteiger partial charge in [-0.15, -0.1) is 11.3 Å². The van der Waals surface area contributed by atoms with Crippen LogP contribution in [0.5, 0.6) is 5.75 Å². The maximum Gasteiger partial charge on any atom is 0.290 e. The normalized spacial score (nSPS) is 15.6. The van der Waals surface area contributed by atoms with Crippen molar-refractivity contribution in [3.05, 3.63) is 82.1 Å². The lowest BCUT2D eigenvalue weighted by Gasteiger charge is -2.27. The van der Waals surface area contributed by atoms with E-state index in [9.17, 15) is 14.7 Å². The van der Waals surface area contributed by atoms with Gasteiger partial charge in [0.15, 0.2) is 5.76 Å². The second-order valence-electron chi connectivity index (χ2n) is 9.37. The molecule has 194 valence electrons. The number of rotatable bonds is 11. The van der Waals surface area contributed by atoms with E-state index in [1.165, 1.54) is 11.3 Å². The van der Waals surface area contributed by atoms with Crippen LogP contribution in [-0.4, -0.2) is 65.4 Å². The van der Waals surface area contributed by atoms with Crippen LogP contribution in [0, 0.1) is 6.92 Å². The van der Waals surface area contributed by atoms with Gasteiger partial charge in [0.25, 0.3) is 5.91 Å². The third-order valence-electron chi connectivity index (χ3n) is 6.22. The molecule has 37 heavy (non-hydrogen) atoms. The zero-order chi connectivity index (χ0) is 26.5. The van der Waals surface area contributed by atoms with Gasteiger partial charge >= 0.3 is 0 Å². The predicted molar refractivity (Wildman–Crippen MR) is 146 cm³/mol. The molecule has 1 atom stereocenters. The Hall–Kier alpha value is -3.49. The first kappa shape index (κ1) is 26.6. The molecule has 1 aliphatic rings. The van der Waals surface area contributed by atoms with E-state index in [1.54, 1.807) is 11.8 Å². The van der Waals surface area contributed by atoms with Gasteiger partial charge in [-0.05, 0) is 58.1 Å². The number of carbonyl (C=O) groups excluding carboxylic acids is 2. The molecule has 0 saturated carbocycles. The standard InChI is InChI=1S/C29H33N3O4S/c1-5-17-36-22-14-9-13-21(18-22)24-23(26(34)29(35)32(24)16-10-15-31(3)4)25(33)27-19(2)30-28(37-27)20-11-7-6-8-12-20/h6-9,11-14,18,24,34H,5,10,15-17H2,1-4H3. The third-order valence-corrected chi connectivity index (χ3v) is 7.43. The van der Waals surface area contributed by atoms with Crippen LogP contribution in [0.15, 0.2) is 65.9 Å². The van der Waals surface area contributed by atoms with Crippen molar-refractivity contribution in [1.82, 2.24) is 14.8 Å². The van der Waals surface area contributed by atoms with E-state index in [2.05, 4.69) is 4.98 Å². The van der Waals surface area contributed by atoms with E-state index in [0.29, 0.717) is 35.9 Å². The first-order valence-electron chi connectivity index (χ1n) is 12.5. The minimum Gasteiger partial charge on any atom is -0.503 e. The molecule has 3 aromatic rings. The van der Waals surface area contributed by atoms with Crippen LogP contribution in [0.4, 0.5) is 0 Å². The molecule has 1 aromatic heterocycles. The van der Waals surface area contributed by atoms with Crippen molar-refractivity contribution < 1.29 is 19.4 Å². The number of carbonyl (C=O) groups is 2. The monoisotopic (exact) mass is 519 g/mol. The molecular weight excluding hydrogens is 486 g/mol. The summed E-state index contributed by atoms with van der Waals surface area (Å²) in [6.07, 6.45) is 1.56. The molecule has 1 unspecified atom stereocenters. The van der Waals surface area contributed by atoms with E-state index < -0.39 is 17.7 Å². The highest BCUT2D eigenvalue weighted by atomic mass is 32.1. The summed E-state index contributed by atoms with van der Waals surface area (Å²) in [4.78, 5) is 35.9. The van der Waals surface area contributed by atoms with Gasteiger partial charge in [0.2, 0.25) is 5.78 Å². The number of ketones is 1. The minimum atomic E-state index is -0.714. The lowest BCUT2D eigenvalue weighted by Crippen LogP contribution is -2.33. The molecule has 0 aliphatic carbocycles. The molecule has 1 N–H and O–H groups in total. The van der Waals surface area contributed by atoms with Gasteiger partial charge < -0.3 is 19.6 Å². The Balaban J connectivity index is 1.74. The summed E-state index contributed by atoms with van der Waals surface area (Å²) < 4.78 is 5.83. The summed E-state index contributed by atoms with van der Waals surface area (Å²) in [5.74, 6) is -0.729. The Morgan fingerprint density at radius 1 is 1.16 bits per heavy atom. The number of hydrogen-bond acceptors (Lipinski definition) is 7. The average Bonchev–Trinajstić information content (AvgIpc) is 3.40. The molecule has 4 rings (SSSR count). The number of benzene rings is 2. The molecule has 0 saturated heterocycles. The van der Waals surface area contributed by atoms with Gasteiger partial charge in [0.05, 0.1) is 28.8 Å². The van der Waals surface area contributed by atoms with Gasteiger partial charge in [0, 0.05) is 12.1 Å². The Morgan fingerprint density at radius 2 is 1.92 bits per heavy atom. The molecule has 0 fully saturated rings. The first-order valence-corrected chi connectivity index (χ1v) is 13.3. The molecular formula is C29H33N3O4S. The number of nitrogens with zero attached hydrogens (tertiary/aromatic N) is 3. The second-order valence-corrected chi connectivity index (χ2v) is 10.4. The fraction of sp³-hybridized carbons (Fsp3) is 0.345. The van der Waals surface area contributed by atoms with Crippen LogP contribution in [0.3, 0.4) is 0 Å². The number of ether oxygens (including phenoxy) is 1. The second kappa shape index (κ2) is 11.7. The van der Waals surface area contributed by atoms with Gasteiger partial charge in [-0.3, -0.25) is 9.59 Å². The minimum absolute atomic E-state index is 0.0915. The Morgan fingerprint density at radius 3 is 2.62 bits per heavy atom. The predicted octanol–water partition coefficient (Wildman–Crippen LogP) is 5.44. The Kier molecular flexibility index (Phi) is 8.41. The number of aryl methyl sites for hydroxylation is 1. The van der Waals surface area contributed by atoms with Crippen molar-refractivity contribution in [3.8, 4) is 16.3 Å². The molecule has 0 spiro atoms. The fourth-order valence-electron chi connectivity index (χ4n) is 4.45. The van der Waals surface area contributed by atoms with Gasteiger partial charge in [-0.1, -0.05) is 49.4 Å². The van der Waals surface area contributed by atoms with Crippen molar-refractivity contribution >= 4 is 23.0 Å². The summed E-state index contributed by atoms with van der Waals surface area (Å²) in [5.41, 5.74) is 2.31. The zero-order valence-electron chi connectivity index (χ0n) is 21.7. The highest BCUT2D eigenvalue weighted by Crippen LogP contribution is 2.41. The smallest absolute Gasteiger partial charge is 0.290 e. The zero-order valence-corrected chi connectivity index (χ0v) is 22.5. The largest absolute Gasteiger partial charge is 0.503 e. The molecule has 2 aromatic carbocycles. The van der Waals surface area contributed by atoms with Gasteiger partial charge in [0.1, 0.15) is 10.8 Å². The molecule has 1 aliphatic heterocycles. The van der Waals surface area contributed by atoms with Crippen LogP contribution in [-0.2, 0) is 4.79 Å². The summed E-state index contributed by atoms with van der Waals surface area (Å²) in [6.45, 7) is 5.56. The van der Waals surface area contributed by atoms with E-state index in [0.717, 1.165) is 29.1 Å². The Bertz CT molecular complexity index is 1300. The number of Topliss-reactive ketones (excluding diaryl/α,β-unsaturated/α-hetero) is 1. The molecule has 0 radical (unpaired) electrons. The number of hydrogen-bond donors (Lipinski definition) is 1. The van der Waals surface area contributed by atoms with Crippen LogP contribution >= 0.6 is 11.3 Å². The quantitative estimate of drug-likeness (QED) is 0.340.